The first-order valence-corrected chi connectivity index (χ1v) is 7.33. The van der Waals surface area contributed by atoms with Gasteiger partial charge in [-0.05, 0) is 58.5 Å². The smallest absolute Gasteiger partial charge is 0.237 e. The van der Waals surface area contributed by atoms with Gasteiger partial charge in [-0.25, -0.2) is 0 Å². The molecule has 0 bridgehead atoms. The number of nitrogens with one attached hydrogen (secondary N) is 1. The number of likely N-dealkylation sites (tertiary alicyclic amines) is 1. The summed E-state index contributed by atoms with van der Waals surface area (Å²) < 4.78 is 0. The molecule has 4 heteroatoms. The molecule has 0 radical (unpaired) electrons. The second-order valence-corrected chi connectivity index (χ2v) is 5.57. The Morgan fingerprint density at radius 3 is 2.83 bits per heavy atom. The van der Waals surface area contributed by atoms with Crippen LogP contribution in [-0.2, 0) is 4.79 Å². The average molecular weight is 255 g/mol. The van der Waals surface area contributed by atoms with Gasteiger partial charge in [-0.3, -0.25) is 9.69 Å². The van der Waals surface area contributed by atoms with Gasteiger partial charge >= 0.3 is 0 Å². The lowest BCUT2D eigenvalue weighted by atomic mass is 9.94. The number of carbonyl (C=O) groups is 1. The van der Waals surface area contributed by atoms with E-state index in [0.29, 0.717) is 5.92 Å². The molecule has 4 nitrogen and oxygen atoms in total. The number of nitrogens with zero attached hydrogens (tertiary/aromatic N) is 1. The molecule has 3 N–H and O–H groups in total. The van der Waals surface area contributed by atoms with E-state index < -0.39 is 0 Å². The topological polar surface area (TPSA) is 58.4 Å². The fourth-order valence-corrected chi connectivity index (χ4v) is 2.55. The molecular formula is C14H29N3O. The van der Waals surface area contributed by atoms with Crippen molar-refractivity contribution in [3.05, 3.63) is 0 Å². The van der Waals surface area contributed by atoms with Crippen molar-refractivity contribution < 1.29 is 4.79 Å². The van der Waals surface area contributed by atoms with Gasteiger partial charge in [0.05, 0.1) is 6.04 Å². The van der Waals surface area contributed by atoms with Gasteiger partial charge in [-0.15, -0.1) is 0 Å². The number of hydrogen-bond acceptors (Lipinski definition) is 3. The molecule has 1 amide bonds. The minimum Gasteiger partial charge on any atom is -0.352 e. The monoisotopic (exact) mass is 255 g/mol. The number of piperidine rings is 1. The van der Waals surface area contributed by atoms with Gasteiger partial charge in [0.2, 0.25) is 5.91 Å². The molecule has 1 aliphatic heterocycles. The van der Waals surface area contributed by atoms with Crippen molar-refractivity contribution in [1.82, 2.24) is 10.2 Å². The maximum Gasteiger partial charge on any atom is 0.237 e. The SMILES string of the molecule is CCC(C)NC(=O)C(C)N1CCCC(CCN)C1. The Labute approximate surface area is 111 Å². The molecule has 0 aromatic heterocycles. The quantitative estimate of drug-likeness (QED) is 0.753. The van der Waals surface area contributed by atoms with E-state index in [1.807, 2.05) is 6.92 Å². The molecule has 0 spiro atoms. The van der Waals surface area contributed by atoms with Gasteiger partial charge in [-0.1, -0.05) is 6.92 Å². The van der Waals surface area contributed by atoms with Crippen molar-refractivity contribution in [2.45, 2.75) is 58.5 Å². The summed E-state index contributed by atoms with van der Waals surface area (Å²) >= 11 is 0. The van der Waals surface area contributed by atoms with Gasteiger partial charge in [0.15, 0.2) is 0 Å². The molecule has 1 rings (SSSR count). The highest BCUT2D eigenvalue weighted by atomic mass is 16.2. The van der Waals surface area contributed by atoms with Crippen LogP contribution in [0, 0.1) is 5.92 Å². The van der Waals surface area contributed by atoms with Crippen LogP contribution in [0.1, 0.15) is 46.5 Å². The van der Waals surface area contributed by atoms with Crippen molar-refractivity contribution >= 4 is 5.91 Å². The Morgan fingerprint density at radius 1 is 1.50 bits per heavy atom. The molecule has 1 saturated heterocycles. The van der Waals surface area contributed by atoms with Crippen LogP contribution in [0.25, 0.3) is 0 Å². The molecular weight excluding hydrogens is 226 g/mol. The molecule has 0 aromatic carbocycles. The van der Waals surface area contributed by atoms with Crippen LogP contribution >= 0.6 is 0 Å². The minimum absolute atomic E-state index is 0.0143. The normalized spacial score (nSPS) is 24.6. The Hall–Kier alpha value is -0.610. The lowest BCUT2D eigenvalue weighted by Crippen LogP contribution is -2.50. The van der Waals surface area contributed by atoms with Crippen molar-refractivity contribution in [1.29, 1.82) is 0 Å². The predicted octanol–water partition coefficient (Wildman–Crippen LogP) is 1.35. The van der Waals surface area contributed by atoms with Crippen molar-refractivity contribution in [2.75, 3.05) is 19.6 Å². The number of carbonyl (C=O) groups excluding carboxylic acids is 1. The van der Waals surface area contributed by atoms with Crippen LogP contribution in [0.3, 0.4) is 0 Å². The summed E-state index contributed by atoms with van der Waals surface area (Å²) in [5.74, 6) is 0.834. The molecule has 0 saturated carbocycles. The van der Waals surface area contributed by atoms with E-state index >= 15 is 0 Å². The lowest BCUT2D eigenvalue weighted by Gasteiger charge is -2.36. The highest BCUT2D eigenvalue weighted by Gasteiger charge is 2.27. The molecule has 3 atom stereocenters. The molecule has 1 aliphatic rings. The highest BCUT2D eigenvalue weighted by molar-refractivity contribution is 5.81. The Morgan fingerprint density at radius 2 is 2.22 bits per heavy atom. The van der Waals surface area contributed by atoms with Crippen LogP contribution in [0.4, 0.5) is 0 Å². The Balaban J connectivity index is 2.44. The zero-order valence-electron chi connectivity index (χ0n) is 12.1. The zero-order chi connectivity index (χ0) is 13.5. The zero-order valence-corrected chi connectivity index (χ0v) is 12.1. The van der Waals surface area contributed by atoms with Crippen LogP contribution in [0.2, 0.25) is 0 Å². The van der Waals surface area contributed by atoms with E-state index in [9.17, 15) is 4.79 Å². The largest absolute Gasteiger partial charge is 0.352 e. The van der Waals surface area contributed by atoms with Gasteiger partial charge in [0, 0.05) is 12.6 Å². The second-order valence-electron chi connectivity index (χ2n) is 5.57. The number of nitrogens with two attached hydrogens (primary N) is 1. The molecule has 18 heavy (non-hydrogen) atoms. The third kappa shape index (κ3) is 4.58. The Bertz CT molecular complexity index is 255. The van der Waals surface area contributed by atoms with Gasteiger partial charge in [-0.2, -0.15) is 0 Å². The fourth-order valence-electron chi connectivity index (χ4n) is 2.55. The Kier molecular flexibility index (Phi) is 6.65. The molecule has 0 aliphatic carbocycles. The summed E-state index contributed by atoms with van der Waals surface area (Å²) in [5.41, 5.74) is 5.63. The second kappa shape index (κ2) is 7.74. The average Bonchev–Trinajstić information content (AvgIpc) is 2.38. The van der Waals surface area contributed by atoms with Crippen molar-refractivity contribution in [3.8, 4) is 0 Å². The first kappa shape index (κ1) is 15.4. The molecule has 106 valence electrons. The maximum atomic E-state index is 12.1. The first-order valence-electron chi connectivity index (χ1n) is 7.33. The van der Waals surface area contributed by atoms with E-state index in [2.05, 4.69) is 24.1 Å². The standard InChI is InChI=1S/C14H29N3O/c1-4-11(2)16-14(18)12(3)17-9-5-6-13(10-17)7-8-15/h11-13H,4-10,15H2,1-3H3,(H,16,18). The lowest BCUT2D eigenvalue weighted by molar-refractivity contribution is -0.127. The van der Waals surface area contributed by atoms with Crippen LogP contribution in [0.5, 0.6) is 0 Å². The molecule has 3 unspecified atom stereocenters. The summed E-state index contributed by atoms with van der Waals surface area (Å²) in [6, 6.07) is 0.254. The van der Waals surface area contributed by atoms with E-state index in [-0.39, 0.29) is 18.0 Å². The van der Waals surface area contributed by atoms with Gasteiger partial charge < -0.3 is 11.1 Å². The third-order valence-electron chi connectivity index (χ3n) is 4.05. The third-order valence-corrected chi connectivity index (χ3v) is 4.05. The van der Waals surface area contributed by atoms with Crippen molar-refractivity contribution in [2.24, 2.45) is 11.7 Å². The summed E-state index contributed by atoms with van der Waals surface area (Å²) in [5, 5.41) is 3.07. The van der Waals surface area contributed by atoms with E-state index in [0.717, 1.165) is 32.5 Å². The highest BCUT2D eigenvalue weighted by Crippen LogP contribution is 2.20. The summed E-state index contributed by atoms with van der Waals surface area (Å²) in [6.45, 7) is 8.97. The van der Waals surface area contributed by atoms with Crippen molar-refractivity contribution in [3.63, 3.8) is 0 Å². The van der Waals surface area contributed by atoms with E-state index in [1.54, 1.807) is 0 Å². The van der Waals surface area contributed by atoms with Crippen LogP contribution < -0.4 is 11.1 Å². The molecule has 1 fully saturated rings. The first-order chi connectivity index (χ1) is 8.58. The predicted molar refractivity (Wildman–Crippen MR) is 75.3 cm³/mol. The minimum atomic E-state index is -0.0143. The van der Waals surface area contributed by atoms with E-state index in [1.165, 1.54) is 12.8 Å². The summed E-state index contributed by atoms with van der Waals surface area (Å²) in [4.78, 5) is 14.4. The fraction of sp³-hybridized carbons (Fsp3) is 0.929. The van der Waals surface area contributed by atoms with Gasteiger partial charge in [0.25, 0.3) is 0 Å². The van der Waals surface area contributed by atoms with E-state index in [4.69, 9.17) is 5.73 Å². The number of amides is 1. The molecule has 1 heterocycles. The maximum absolute atomic E-state index is 12.1. The van der Waals surface area contributed by atoms with Crippen LogP contribution in [0.15, 0.2) is 0 Å². The van der Waals surface area contributed by atoms with Gasteiger partial charge in [0.1, 0.15) is 0 Å². The van der Waals surface area contributed by atoms with Crippen LogP contribution in [-0.4, -0.2) is 42.5 Å². The summed E-state index contributed by atoms with van der Waals surface area (Å²) in [6.07, 6.45) is 4.50. The number of hydrogen-bond donors (Lipinski definition) is 2. The summed E-state index contributed by atoms with van der Waals surface area (Å²) in [7, 11) is 0. The number of rotatable bonds is 6. The molecule has 0 aromatic rings.